The highest BCUT2D eigenvalue weighted by molar-refractivity contribution is 6.42. The lowest BCUT2D eigenvalue weighted by Crippen LogP contribution is -2.21. The molecule has 0 aliphatic rings. The molecule has 1 amide bonds. The Morgan fingerprint density at radius 1 is 0.919 bits per heavy atom. The number of hydrogen-bond donors (Lipinski definition) is 1. The Morgan fingerprint density at radius 3 is 2.05 bits per heavy atom. The summed E-state index contributed by atoms with van der Waals surface area (Å²) >= 11 is 19.0. The number of rotatable bonds is 8. The first-order valence-electron chi connectivity index (χ1n) is 11.9. The second-order valence-corrected chi connectivity index (χ2v) is 9.83. The van der Waals surface area contributed by atoms with Crippen LogP contribution in [0.5, 0.6) is 5.75 Å². The summed E-state index contributed by atoms with van der Waals surface area (Å²) in [6, 6.07) is 11.8. The zero-order chi connectivity index (χ0) is 26.9. The molecular formula is C27H28Cl3N5O2. The largest absolute Gasteiger partial charge is 0.481 e. The minimum absolute atomic E-state index is 0.236. The summed E-state index contributed by atoms with van der Waals surface area (Å²) in [7, 11) is 0. The predicted octanol–water partition coefficient (Wildman–Crippen LogP) is 7.17. The average molecular weight is 561 g/mol. The van der Waals surface area contributed by atoms with E-state index < -0.39 is 0 Å². The number of fused-ring (bicyclic) bond motifs is 1. The molecule has 3 aromatic carbocycles. The van der Waals surface area contributed by atoms with Gasteiger partial charge in [-0.25, -0.2) is 0 Å². The number of aromatic nitrogens is 3. The summed E-state index contributed by atoms with van der Waals surface area (Å²) in [4.78, 5) is 16.6. The number of nitrogens with one attached hydrogen (secondary N) is 1. The van der Waals surface area contributed by atoms with E-state index in [1.54, 1.807) is 24.7 Å². The van der Waals surface area contributed by atoms with Crippen molar-refractivity contribution in [3.8, 4) is 11.4 Å². The molecule has 0 aliphatic carbocycles. The number of halogens is 3. The monoisotopic (exact) mass is 559 g/mol. The molecule has 0 bridgehead atoms. The van der Waals surface area contributed by atoms with E-state index in [1.807, 2.05) is 25.1 Å². The fourth-order valence-electron chi connectivity index (χ4n) is 4.07. The van der Waals surface area contributed by atoms with Gasteiger partial charge in [-0.3, -0.25) is 4.79 Å². The minimum atomic E-state index is -0.362. The Labute approximate surface area is 231 Å². The number of carbonyl (C=O) groups excluding carboxylic acids is 1. The molecule has 0 aliphatic heterocycles. The molecule has 37 heavy (non-hydrogen) atoms. The lowest BCUT2D eigenvalue weighted by atomic mass is 10.1. The standard InChI is InChI=1S/C27H28Cl3N5O2/c1-6-34(7-2)18-8-10-19(11-9-18)35-32-21-12-15(3)20(13-22(21)33-35)31-23(36)14-37-27-25(29)16(4)24(28)17(5)26(27)30/h8-13H,6-7,14H2,1-5H3,(H,31,36). The molecule has 1 aromatic heterocycles. The van der Waals surface area contributed by atoms with Crippen molar-refractivity contribution in [2.24, 2.45) is 0 Å². The third-order valence-corrected chi connectivity index (χ3v) is 7.75. The van der Waals surface area contributed by atoms with Crippen molar-refractivity contribution in [2.75, 3.05) is 29.9 Å². The molecule has 1 heterocycles. The van der Waals surface area contributed by atoms with Crippen LogP contribution in [-0.2, 0) is 4.79 Å². The zero-order valence-electron chi connectivity index (χ0n) is 21.3. The van der Waals surface area contributed by atoms with Crippen LogP contribution >= 0.6 is 34.8 Å². The van der Waals surface area contributed by atoms with E-state index in [2.05, 4.69) is 46.4 Å². The lowest BCUT2D eigenvalue weighted by molar-refractivity contribution is -0.118. The highest BCUT2D eigenvalue weighted by Crippen LogP contribution is 2.42. The van der Waals surface area contributed by atoms with Crippen molar-refractivity contribution in [3.63, 3.8) is 0 Å². The predicted molar refractivity (Wildman–Crippen MR) is 152 cm³/mol. The van der Waals surface area contributed by atoms with Crippen LogP contribution in [0.3, 0.4) is 0 Å². The molecule has 0 unspecified atom stereocenters. The van der Waals surface area contributed by atoms with Crippen molar-refractivity contribution in [1.82, 2.24) is 15.0 Å². The van der Waals surface area contributed by atoms with E-state index in [1.165, 1.54) is 0 Å². The van der Waals surface area contributed by atoms with Gasteiger partial charge >= 0.3 is 0 Å². The van der Waals surface area contributed by atoms with Crippen LogP contribution in [0, 0.1) is 20.8 Å². The second kappa shape index (κ2) is 11.2. The maximum absolute atomic E-state index is 12.7. The van der Waals surface area contributed by atoms with Crippen LogP contribution < -0.4 is 15.0 Å². The minimum Gasteiger partial charge on any atom is -0.481 e. The summed E-state index contributed by atoms with van der Waals surface area (Å²) in [5.74, 6) is -0.126. The number of amides is 1. The number of anilines is 2. The van der Waals surface area contributed by atoms with Crippen LogP contribution in [0.1, 0.15) is 30.5 Å². The lowest BCUT2D eigenvalue weighted by Gasteiger charge is -2.20. The zero-order valence-corrected chi connectivity index (χ0v) is 23.6. The van der Waals surface area contributed by atoms with Gasteiger partial charge in [0.15, 0.2) is 12.4 Å². The molecule has 7 nitrogen and oxygen atoms in total. The third-order valence-electron chi connectivity index (χ3n) is 6.27. The van der Waals surface area contributed by atoms with Crippen LogP contribution in [-0.4, -0.2) is 40.6 Å². The van der Waals surface area contributed by atoms with Gasteiger partial charge in [0, 0.05) is 29.5 Å². The molecule has 0 saturated carbocycles. The van der Waals surface area contributed by atoms with Gasteiger partial charge in [-0.2, -0.15) is 4.80 Å². The Morgan fingerprint density at radius 2 is 1.49 bits per heavy atom. The summed E-state index contributed by atoms with van der Waals surface area (Å²) < 4.78 is 5.68. The van der Waals surface area contributed by atoms with Crippen molar-refractivity contribution in [1.29, 1.82) is 0 Å². The molecule has 194 valence electrons. The van der Waals surface area contributed by atoms with E-state index in [-0.39, 0.29) is 28.3 Å². The van der Waals surface area contributed by atoms with Gasteiger partial charge in [0.05, 0.1) is 15.7 Å². The number of nitrogens with zero attached hydrogens (tertiary/aromatic N) is 4. The van der Waals surface area contributed by atoms with E-state index in [0.717, 1.165) is 35.5 Å². The number of aryl methyl sites for hydroxylation is 1. The summed E-state index contributed by atoms with van der Waals surface area (Å²) in [5.41, 5.74) is 6.14. The SMILES string of the molecule is CCN(CC)c1ccc(-n2nc3cc(C)c(NC(=O)COc4c(Cl)c(C)c(Cl)c(C)c4Cl)cc3n2)cc1. The van der Waals surface area contributed by atoms with Crippen LogP contribution in [0.25, 0.3) is 16.7 Å². The fraction of sp³-hybridized carbons (Fsp3) is 0.296. The van der Waals surface area contributed by atoms with Gasteiger partial charge in [0.25, 0.3) is 5.91 Å². The Bertz CT molecular complexity index is 1430. The highest BCUT2D eigenvalue weighted by atomic mass is 35.5. The molecule has 4 aromatic rings. The van der Waals surface area contributed by atoms with Crippen molar-refractivity contribution >= 4 is 63.1 Å². The molecular weight excluding hydrogens is 533 g/mol. The number of ether oxygens (including phenoxy) is 1. The molecule has 0 fully saturated rings. The fourth-order valence-corrected chi connectivity index (χ4v) is 4.89. The normalized spacial score (nSPS) is 11.1. The van der Waals surface area contributed by atoms with E-state index >= 15 is 0 Å². The molecule has 0 saturated heterocycles. The topological polar surface area (TPSA) is 72.3 Å². The third kappa shape index (κ3) is 5.49. The van der Waals surface area contributed by atoms with Gasteiger partial charge in [0.2, 0.25) is 0 Å². The molecule has 0 atom stereocenters. The van der Waals surface area contributed by atoms with E-state index in [4.69, 9.17) is 39.5 Å². The van der Waals surface area contributed by atoms with Crippen molar-refractivity contribution in [2.45, 2.75) is 34.6 Å². The van der Waals surface area contributed by atoms with Crippen LogP contribution in [0.2, 0.25) is 15.1 Å². The Hall–Kier alpha value is -3.00. The second-order valence-electron chi connectivity index (χ2n) is 8.69. The molecule has 1 N–H and O–H groups in total. The molecule has 4 rings (SSSR count). The molecule has 0 radical (unpaired) electrons. The van der Waals surface area contributed by atoms with E-state index in [0.29, 0.717) is 27.4 Å². The number of benzene rings is 3. The first-order valence-corrected chi connectivity index (χ1v) is 13.1. The first kappa shape index (κ1) is 27.0. The number of carbonyl (C=O) groups is 1. The summed E-state index contributed by atoms with van der Waals surface area (Å²) in [6.45, 7) is 11.3. The Kier molecular flexibility index (Phi) is 8.17. The van der Waals surface area contributed by atoms with Crippen LogP contribution in [0.15, 0.2) is 36.4 Å². The Balaban J connectivity index is 1.50. The van der Waals surface area contributed by atoms with Gasteiger partial charge in [-0.05, 0) is 87.7 Å². The van der Waals surface area contributed by atoms with Gasteiger partial charge in [-0.15, -0.1) is 10.2 Å². The van der Waals surface area contributed by atoms with Gasteiger partial charge in [-0.1, -0.05) is 34.8 Å². The maximum atomic E-state index is 12.7. The summed E-state index contributed by atoms with van der Waals surface area (Å²) in [6.07, 6.45) is 0. The smallest absolute Gasteiger partial charge is 0.262 e. The van der Waals surface area contributed by atoms with Crippen molar-refractivity contribution in [3.05, 3.63) is 68.2 Å². The average Bonchev–Trinajstić information content (AvgIpc) is 3.30. The molecule has 0 spiro atoms. The molecule has 10 heteroatoms. The van der Waals surface area contributed by atoms with E-state index in [9.17, 15) is 4.79 Å². The number of hydrogen-bond acceptors (Lipinski definition) is 5. The summed E-state index contributed by atoms with van der Waals surface area (Å²) in [5, 5.41) is 13.1. The highest BCUT2D eigenvalue weighted by Gasteiger charge is 2.19. The quantitative estimate of drug-likeness (QED) is 0.247. The van der Waals surface area contributed by atoms with Crippen molar-refractivity contribution < 1.29 is 9.53 Å². The maximum Gasteiger partial charge on any atom is 0.262 e. The first-order chi connectivity index (χ1) is 17.6. The van der Waals surface area contributed by atoms with Crippen LogP contribution in [0.4, 0.5) is 11.4 Å². The van der Waals surface area contributed by atoms with Gasteiger partial charge < -0.3 is 15.0 Å². The van der Waals surface area contributed by atoms with Gasteiger partial charge in [0.1, 0.15) is 11.0 Å².